The molecule has 0 atom stereocenters. The molecule has 0 amide bonds. The second-order valence-electron chi connectivity index (χ2n) is 5.26. The van der Waals surface area contributed by atoms with Crippen LogP contribution in [0.3, 0.4) is 0 Å². The lowest BCUT2D eigenvalue weighted by molar-refractivity contribution is 0.371. The number of hydrogen-bond donors (Lipinski definition) is 2. The molecule has 3 aromatic carbocycles. The molecule has 116 valence electrons. The van der Waals surface area contributed by atoms with Gasteiger partial charge in [0.25, 0.3) is 0 Å². The third-order valence-electron chi connectivity index (χ3n) is 3.70. The summed E-state index contributed by atoms with van der Waals surface area (Å²) in [5.41, 5.74) is 1.63. The Morgan fingerprint density at radius 3 is 2.52 bits per heavy atom. The topological polar surface area (TPSA) is 73.5 Å². The van der Waals surface area contributed by atoms with Crippen LogP contribution in [0.15, 0.2) is 42.5 Å². The summed E-state index contributed by atoms with van der Waals surface area (Å²) in [6.45, 7) is -1.74. The Labute approximate surface area is 138 Å². The van der Waals surface area contributed by atoms with E-state index in [2.05, 4.69) is 23.9 Å². The maximum Gasteiger partial charge on any atom is 0.375 e. The van der Waals surface area contributed by atoms with Crippen molar-refractivity contribution in [2.75, 3.05) is 0 Å². The normalized spacial score (nSPS) is 11.6. The Bertz CT molecular complexity index is 1000. The molecule has 0 aromatic heterocycles. The summed E-state index contributed by atoms with van der Waals surface area (Å²) in [6, 6.07) is 15.2. The number of hydrogen-bond acceptors (Lipinski definition) is 3. The molecule has 0 radical (unpaired) electrons. The minimum atomic E-state index is -3.77. The van der Waals surface area contributed by atoms with E-state index >= 15 is 0 Å². The highest BCUT2D eigenvalue weighted by atomic mass is 32.5. The zero-order valence-electron chi connectivity index (χ0n) is 12.4. The van der Waals surface area contributed by atoms with Crippen LogP contribution in [0, 0.1) is 11.3 Å². The van der Waals surface area contributed by atoms with Crippen LogP contribution in [0.2, 0.25) is 0 Å². The van der Waals surface area contributed by atoms with Gasteiger partial charge in [-0.05, 0) is 69.9 Å². The quantitative estimate of drug-likeness (QED) is 0.555. The molecule has 0 heterocycles. The molecule has 23 heavy (non-hydrogen) atoms. The lowest BCUT2D eigenvalue weighted by Gasteiger charge is -2.14. The fraction of sp³-hybridized carbons (Fsp3) is 0.118. The van der Waals surface area contributed by atoms with Gasteiger partial charge < -0.3 is 14.3 Å². The van der Waals surface area contributed by atoms with Crippen LogP contribution >= 0.6 is 6.72 Å². The number of benzene rings is 3. The van der Waals surface area contributed by atoms with Crippen LogP contribution in [0.4, 0.5) is 0 Å². The first-order valence-corrected chi connectivity index (χ1v) is 9.68. The lowest BCUT2D eigenvalue weighted by Crippen LogP contribution is -1.93. The molecule has 3 rings (SSSR count). The van der Waals surface area contributed by atoms with Gasteiger partial charge in [0.05, 0.1) is 11.6 Å². The van der Waals surface area contributed by atoms with Gasteiger partial charge in [0.1, 0.15) is 5.75 Å². The summed E-state index contributed by atoms with van der Waals surface area (Å²) in [5, 5.41) is 13.0. The molecule has 4 nitrogen and oxygen atoms in total. The Morgan fingerprint density at radius 2 is 1.87 bits per heavy atom. The van der Waals surface area contributed by atoms with E-state index in [-0.39, 0.29) is 0 Å². The molecule has 6 heteroatoms. The lowest BCUT2D eigenvalue weighted by atomic mass is 9.97. The van der Waals surface area contributed by atoms with Crippen molar-refractivity contribution < 1.29 is 14.3 Å². The highest BCUT2D eigenvalue weighted by Gasteiger charge is 2.13. The van der Waals surface area contributed by atoms with Crippen molar-refractivity contribution in [3.8, 4) is 11.8 Å². The average molecular weight is 343 g/mol. The van der Waals surface area contributed by atoms with Gasteiger partial charge in [-0.25, -0.2) is 0 Å². The van der Waals surface area contributed by atoms with E-state index in [4.69, 9.17) is 9.79 Å². The number of nitrogens with zero attached hydrogens (tertiary/aromatic N) is 1. The molecule has 0 saturated heterocycles. The molecule has 0 aliphatic carbocycles. The van der Waals surface area contributed by atoms with Crippen molar-refractivity contribution in [3.63, 3.8) is 0 Å². The molecular weight excluding hydrogens is 329 g/mol. The highest BCUT2D eigenvalue weighted by molar-refractivity contribution is 8.06. The highest BCUT2D eigenvalue weighted by Crippen LogP contribution is 2.40. The summed E-state index contributed by atoms with van der Waals surface area (Å²) in [4.78, 5) is 18.7. The third-order valence-corrected chi connectivity index (χ3v) is 4.38. The number of rotatable bonds is 3. The number of fused-ring (bicyclic) bond motifs is 2. The van der Waals surface area contributed by atoms with Gasteiger partial charge in [-0.1, -0.05) is 13.0 Å². The van der Waals surface area contributed by atoms with Gasteiger partial charge in [0.15, 0.2) is 0 Å². The zero-order valence-corrected chi connectivity index (χ0v) is 14.1. The van der Waals surface area contributed by atoms with E-state index in [1.54, 1.807) is 18.2 Å². The maximum atomic E-state index is 9.37. The van der Waals surface area contributed by atoms with Gasteiger partial charge in [-0.2, -0.15) is 5.26 Å². The van der Waals surface area contributed by atoms with Crippen molar-refractivity contribution >= 4 is 40.1 Å². The van der Waals surface area contributed by atoms with Gasteiger partial charge in [-0.15, -0.1) is 0 Å². The van der Waals surface area contributed by atoms with Gasteiger partial charge in [0, 0.05) is 11.8 Å². The van der Waals surface area contributed by atoms with E-state index in [0.29, 0.717) is 11.3 Å². The summed E-state index contributed by atoms with van der Waals surface area (Å²) in [7, 11) is 0. The summed E-state index contributed by atoms with van der Waals surface area (Å²) >= 11 is 4.54. The Hall–Kier alpha value is -1.96. The first-order valence-electron chi connectivity index (χ1n) is 7.05. The molecule has 0 unspecified atom stereocenters. The molecule has 0 aliphatic heterocycles. The monoisotopic (exact) mass is 343 g/mol. The molecule has 0 bridgehead atoms. The van der Waals surface area contributed by atoms with Crippen LogP contribution in [-0.4, -0.2) is 9.79 Å². The maximum absolute atomic E-state index is 9.37. The smallest absolute Gasteiger partial charge is 0.375 e. The summed E-state index contributed by atoms with van der Waals surface area (Å²) < 4.78 is 5.09. The second-order valence-corrected chi connectivity index (χ2v) is 7.86. The number of aryl methyl sites for hydroxylation is 1. The van der Waals surface area contributed by atoms with Gasteiger partial charge in [-0.3, -0.25) is 0 Å². The molecule has 0 fully saturated rings. The van der Waals surface area contributed by atoms with Crippen molar-refractivity contribution in [3.05, 3.63) is 53.6 Å². The van der Waals surface area contributed by atoms with Crippen molar-refractivity contribution in [1.29, 1.82) is 5.26 Å². The molecule has 2 N–H and O–H groups in total. The Kier molecular flexibility index (Phi) is 4.09. The number of nitriles is 1. The van der Waals surface area contributed by atoms with Crippen LogP contribution in [0.5, 0.6) is 5.75 Å². The van der Waals surface area contributed by atoms with E-state index in [1.807, 2.05) is 25.1 Å². The third kappa shape index (κ3) is 3.36. The van der Waals surface area contributed by atoms with Crippen LogP contribution in [-0.2, 0) is 18.2 Å². The first kappa shape index (κ1) is 15.9. The van der Waals surface area contributed by atoms with Crippen molar-refractivity contribution in [2.45, 2.75) is 13.3 Å². The second kappa shape index (κ2) is 5.92. The summed E-state index contributed by atoms with van der Waals surface area (Å²) in [6.07, 6.45) is 0.773. The molecule has 0 saturated carbocycles. The largest absolute Gasteiger partial charge is 0.424 e. The van der Waals surface area contributed by atoms with E-state index < -0.39 is 6.72 Å². The zero-order chi connectivity index (χ0) is 16.6. The summed E-state index contributed by atoms with van der Waals surface area (Å²) in [5.74, 6) is 0.346. The molecular formula is C17H14NO3PS. The minimum Gasteiger partial charge on any atom is -0.424 e. The fourth-order valence-corrected chi connectivity index (χ4v) is 3.35. The molecule has 3 aromatic rings. The fourth-order valence-electron chi connectivity index (χ4n) is 2.71. The van der Waals surface area contributed by atoms with E-state index in [9.17, 15) is 9.79 Å². The molecule has 0 spiro atoms. The van der Waals surface area contributed by atoms with E-state index in [0.717, 1.165) is 33.5 Å². The Morgan fingerprint density at radius 1 is 1.09 bits per heavy atom. The van der Waals surface area contributed by atoms with Crippen LogP contribution in [0.1, 0.15) is 18.1 Å². The van der Waals surface area contributed by atoms with Gasteiger partial charge in [0.2, 0.25) is 0 Å². The first-order chi connectivity index (χ1) is 10.9. The predicted octanol–water partition coefficient (Wildman–Crippen LogP) is 4.01. The van der Waals surface area contributed by atoms with Crippen molar-refractivity contribution in [2.24, 2.45) is 0 Å². The molecule has 0 aliphatic rings. The van der Waals surface area contributed by atoms with Crippen molar-refractivity contribution in [1.82, 2.24) is 0 Å². The van der Waals surface area contributed by atoms with Crippen LogP contribution in [0.25, 0.3) is 21.5 Å². The SMILES string of the molecule is CCc1cc(OP(O)(O)=S)cc2cc3cc(C#N)ccc3cc12. The average Bonchev–Trinajstić information content (AvgIpc) is 2.50. The predicted molar refractivity (Wildman–Crippen MR) is 94.9 cm³/mol. The standard InChI is InChI=1S/C17H14NO3PS/c1-2-12-7-16(21-22(19,20)23)8-15-6-14-5-11(10-18)3-4-13(14)9-17(12)15/h3-9H,2H2,1H3,(H2,19,20,23). The van der Waals surface area contributed by atoms with Gasteiger partial charge >= 0.3 is 6.72 Å². The van der Waals surface area contributed by atoms with E-state index in [1.165, 1.54) is 0 Å². The Balaban J connectivity index is 2.27. The van der Waals surface area contributed by atoms with Crippen LogP contribution < -0.4 is 4.52 Å². The minimum absolute atomic E-state index is 0.346.